The Morgan fingerprint density at radius 2 is 2.25 bits per heavy atom. The van der Waals surface area contributed by atoms with Gasteiger partial charge in [-0.15, -0.1) is 0 Å². The number of fused-ring (bicyclic) bond motifs is 1. The predicted molar refractivity (Wildman–Crippen MR) is 59.7 cm³/mol. The third kappa shape index (κ3) is 2.06. The van der Waals surface area contributed by atoms with E-state index in [9.17, 15) is 4.79 Å². The molecule has 1 heterocycles. The second-order valence-corrected chi connectivity index (χ2v) is 3.54. The fourth-order valence-electron chi connectivity index (χ4n) is 1.50. The Morgan fingerprint density at radius 1 is 1.44 bits per heavy atom. The smallest absolute Gasteiger partial charge is 0.250 e. The van der Waals surface area contributed by atoms with Gasteiger partial charge in [0, 0.05) is 12.4 Å². The molecule has 0 N–H and O–H groups in total. The first kappa shape index (κ1) is 10.7. The van der Waals surface area contributed by atoms with Crippen molar-refractivity contribution in [3.8, 4) is 0 Å². The van der Waals surface area contributed by atoms with Crippen molar-refractivity contribution in [1.82, 2.24) is 5.06 Å². The number of amides is 1. The minimum absolute atomic E-state index is 0.0894. The number of benzene rings is 1. The van der Waals surface area contributed by atoms with Crippen LogP contribution in [0.5, 0.6) is 0 Å². The fourth-order valence-corrected chi connectivity index (χ4v) is 1.50. The van der Waals surface area contributed by atoms with Gasteiger partial charge in [-0.2, -0.15) is 0 Å². The van der Waals surface area contributed by atoms with Gasteiger partial charge in [0.15, 0.2) is 0 Å². The Kier molecular flexibility index (Phi) is 2.92. The van der Waals surface area contributed by atoms with Gasteiger partial charge in [-0.05, 0) is 17.7 Å². The lowest BCUT2D eigenvalue weighted by Crippen LogP contribution is -2.26. The van der Waals surface area contributed by atoms with Gasteiger partial charge in [0.2, 0.25) is 5.91 Å². The highest BCUT2D eigenvalue weighted by Gasteiger charge is 2.09. The quantitative estimate of drug-likeness (QED) is 0.741. The zero-order valence-corrected chi connectivity index (χ0v) is 9.27. The van der Waals surface area contributed by atoms with Gasteiger partial charge < -0.3 is 4.42 Å². The average molecular weight is 219 g/mol. The van der Waals surface area contributed by atoms with E-state index in [2.05, 4.69) is 0 Å². The van der Waals surface area contributed by atoms with E-state index in [4.69, 9.17) is 9.25 Å². The van der Waals surface area contributed by atoms with Crippen LogP contribution >= 0.6 is 0 Å². The molecule has 1 aromatic carbocycles. The summed E-state index contributed by atoms with van der Waals surface area (Å²) < 4.78 is 5.27. The number of carbonyl (C=O) groups excluding carboxylic acids is 1. The van der Waals surface area contributed by atoms with E-state index in [-0.39, 0.29) is 5.91 Å². The number of hydroxylamine groups is 2. The Bertz CT molecular complexity index is 504. The molecule has 16 heavy (non-hydrogen) atoms. The van der Waals surface area contributed by atoms with Crippen LogP contribution in [0, 0.1) is 0 Å². The highest BCUT2D eigenvalue weighted by atomic mass is 16.7. The number of hydrogen-bond donors (Lipinski definition) is 0. The fraction of sp³-hybridized carbons (Fsp3) is 0.250. The molecule has 1 amide bonds. The van der Waals surface area contributed by atoms with Crippen molar-refractivity contribution in [1.29, 1.82) is 0 Å². The summed E-state index contributed by atoms with van der Waals surface area (Å²) >= 11 is 0. The first-order valence-corrected chi connectivity index (χ1v) is 4.97. The molecule has 0 aliphatic rings. The molecule has 0 unspecified atom stereocenters. The Labute approximate surface area is 93.4 Å². The number of likely N-dealkylation sites (N-methyl/N-ethyl adjacent to an activating group) is 1. The van der Waals surface area contributed by atoms with Crippen molar-refractivity contribution >= 4 is 16.9 Å². The lowest BCUT2D eigenvalue weighted by Gasteiger charge is -2.13. The van der Waals surface area contributed by atoms with Crippen LogP contribution in [0.1, 0.15) is 5.56 Å². The van der Waals surface area contributed by atoms with Gasteiger partial charge in [-0.3, -0.25) is 9.63 Å². The average Bonchev–Trinajstić information content (AvgIpc) is 2.75. The molecule has 84 valence electrons. The maximum Gasteiger partial charge on any atom is 0.250 e. The van der Waals surface area contributed by atoms with Crippen LogP contribution in [0.4, 0.5) is 0 Å². The molecular formula is C12H13NO3. The Hall–Kier alpha value is -1.81. The van der Waals surface area contributed by atoms with E-state index < -0.39 is 0 Å². The highest BCUT2D eigenvalue weighted by molar-refractivity contribution is 5.81. The summed E-state index contributed by atoms with van der Waals surface area (Å²) in [5.74, 6) is -0.0894. The summed E-state index contributed by atoms with van der Waals surface area (Å²) in [6, 6.07) is 7.62. The Morgan fingerprint density at radius 3 is 3.00 bits per heavy atom. The minimum atomic E-state index is -0.0894. The molecule has 0 saturated carbocycles. The van der Waals surface area contributed by atoms with Gasteiger partial charge in [-0.1, -0.05) is 12.1 Å². The molecule has 4 heteroatoms. The monoisotopic (exact) mass is 219 g/mol. The largest absolute Gasteiger partial charge is 0.464 e. The van der Waals surface area contributed by atoms with Crippen LogP contribution in [-0.2, 0) is 16.1 Å². The van der Waals surface area contributed by atoms with Crippen molar-refractivity contribution in [3.05, 3.63) is 36.1 Å². The SMILES string of the molecule is CON(C)C(=O)Cc1ccc2ccoc2c1. The van der Waals surface area contributed by atoms with E-state index >= 15 is 0 Å². The van der Waals surface area contributed by atoms with E-state index in [0.29, 0.717) is 6.42 Å². The van der Waals surface area contributed by atoms with E-state index in [1.54, 1.807) is 13.3 Å². The normalized spacial score (nSPS) is 10.6. The third-order valence-corrected chi connectivity index (χ3v) is 2.50. The van der Waals surface area contributed by atoms with Gasteiger partial charge in [0.05, 0.1) is 19.8 Å². The zero-order valence-electron chi connectivity index (χ0n) is 9.27. The summed E-state index contributed by atoms with van der Waals surface area (Å²) in [7, 11) is 3.06. The first-order chi connectivity index (χ1) is 7.70. The first-order valence-electron chi connectivity index (χ1n) is 4.97. The van der Waals surface area contributed by atoms with Crippen molar-refractivity contribution in [3.63, 3.8) is 0 Å². The molecule has 0 aliphatic heterocycles. The molecule has 0 saturated heterocycles. The highest BCUT2D eigenvalue weighted by Crippen LogP contribution is 2.17. The molecule has 0 atom stereocenters. The topological polar surface area (TPSA) is 42.7 Å². The second kappa shape index (κ2) is 4.37. The van der Waals surface area contributed by atoms with Crippen molar-refractivity contribution in [2.45, 2.75) is 6.42 Å². The second-order valence-electron chi connectivity index (χ2n) is 3.54. The van der Waals surface area contributed by atoms with Gasteiger partial charge in [-0.25, -0.2) is 5.06 Å². The molecule has 0 radical (unpaired) electrons. The molecular weight excluding hydrogens is 206 g/mol. The number of hydrogen-bond acceptors (Lipinski definition) is 3. The van der Waals surface area contributed by atoms with Crippen LogP contribution in [0.2, 0.25) is 0 Å². The number of carbonyl (C=O) groups is 1. The summed E-state index contributed by atoms with van der Waals surface area (Å²) in [6.07, 6.45) is 1.94. The molecule has 0 bridgehead atoms. The van der Waals surface area contributed by atoms with E-state index in [1.807, 2.05) is 24.3 Å². The lowest BCUT2D eigenvalue weighted by molar-refractivity contribution is -0.167. The van der Waals surface area contributed by atoms with Crippen molar-refractivity contribution < 1.29 is 14.0 Å². The molecule has 1 aromatic heterocycles. The molecule has 2 rings (SSSR count). The minimum Gasteiger partial charge on any atom is -0.464 e. The van der Waals surface area contributed by atoms with Crippen LogP contribution in [0.3, 0.4) is 0 Å². The predicted octanol–water partition coefficient (Wildman–Crippen LogP) is 2.00. The summed E-state index contributed by atoms with van der Waals surface area (Å²) in [5, 5.41) is 2.25. The van der Waals surface area contributed by atoms with E-state index in [0.717, 1.165) is 16.5 Å². The summed E-state index contributed by atoms with van der Waals surface area (Å²) in [6.45, 7) is 0. The molecule has 0 fully saturated rings. The van der Waals surface area contributed by atoms with Gasteiger partial charge in [0.25, 0.3) is 0 Å². The molecule has 2 aromatic rings. The molecule has 0 spiro atoms. The standard InChI is InChI=1S/C12H13NO3/c1-13(15-2)12(14)8-9-3-4-10-5-6-16-11(10)7-9/h3-7H,8H2,1-2H3. The van der Waals surface area contributed by atoms with Crippen molar-refractivity contribution in [2.75, 3.05) is 14.2 Å². The van der Waals surface area contributed by atoms with E-state index in [1.165, 1.54) is 12.2 Å². The Balaban J connectivity index is 2.17. The van der Waals surface area contributed by atoms with Crippen LogP contribution < -0.4 is 0 Å². The molecule has 4 nitrogen and oxygen atoms in total. The number of rotatable bonds is 3. The maximum absolute atomic E-state index is 11.6. The summed E-state index contributed by atoms with van der Waals surface area (Å²) in [4.78, 5) is 16.4. The van der Waals surface area contributed by atoms with Crippen LogP contribution in [0.15, 0.2) is 34.9 Å². The summed E-state index contributed by atoms with van der Waals surface area (Å²) in [5.41, 5.74) is 1.71. The number of furan rings is 1. The van der Waals surface area contributed by atoms with Crippen molar-refractivity contribution in [2.24, 2.45) is 0 Å². The van der Waals surface area contributed by atoms with Crippen LogP contribution in [-0.4, -0.2) is 25.1 Å². The lowest BCUT2D eigenvalue weighted by atomic mass is 10.1. The number of nitrogens with zero attached hydrogens (tertiary/aromatic N) is 1. The maximum atomic E-state index is 11.6. The van der Waals surface area contributed by atoms with Gasteiger partial charge in [0.1, 0.15) is 5.58 Å². The van der Waals surface area contributed by atoms with Gasteiger partial charge >= 0.3 is 0 Å². The zero-order chi connectivity index (χ0) is 11.5. The molecule has 0 aliphatic carbocycles. The third-order valence-electron chi connectivity index (χ3n) is 2.50. The van der Waals surface area contributed by atoms with Crippen LogP contribution in [0.25, 0.3) is 11.0 Å².